The van der Waals surface area contributed by atoms with E-state index in [0.29, 0.717) is 0 Å². The molecule has 0 amide bonds. The molecular formula is C24H26OS. The summed E-state index contributed by atoms with van der Waals surface area (Å²) < 4.78 is 5.57. The van der Waals surface area contributed by atoms with E-state index in [1.165, 1.54) is 40.9 Å². The molecule has 4 aliphatic rings. The Bertz CT molecular complexity index is 867. The first-order chi connectivity index (χ1) is 12.5. The normalized spacial score (nSPS) is 36.4. The fraction of sp³-hybridized carbons (Fsp3) is 0.417. The molecule has 4 atom stereocenters. The van der Waals surface area contributed by atoms with Crippen molar-refractivity contribution in [1.29, 1.82) is 0 Å². The Labute approximate surface area is 161 Å². The highest BCUT2D eigenvalue weighted by Gasteiger charge is 2.58. The minimum Gasteiger partial charge on any atom is -0.497 e. The van der Waals surface area contributed by atoms with Gasteiger partial charge < -0.3 is 4.74 Å². The second kappa shape index (κ2) is 5.66. The van der Waals surface area contributed by atoms with Gasteiger partial charge in [0.25, 0.3) is 0 Å². The van der Waals surface area contributed by atoms with Crippen LogP contribution in [0.2, 0.25) is 0 Å². The van der Waals surface area contributed by atoms with E-state index in [0.717, 1.165) is 35.0 Å². The Balaban J connectivity index is 1.64. The third-order valence-electron chi connectivity index (χ3n) is 7.24. The van der Waals surface area contributed by atoms with E-state index in [1.54, 1.807) is 7.11 Å². The molecule has 26 heavy (non-hydrogen) atoms. The zero-order valence-corrected chi connectivity index (χ0v) is 16.4. The monoisotopic (exact) mass is 362 g/mol. The first kappa shape index (κ1) is 16.5. The average Bonchev–Trinajstić information content (AvgIpc) is 3.36. The quantitative estimate of drug-likeness (QED) is 0.397. The zero-order valence-electron chi connectivity index (χ0n) is 15.5. The molecule has 0 saturated heterocycles. The molecule has 2 fully saturated rings. The molecule has 2 heteroatoms. The molecule has 1 aromatic rings. The van der Waals surface area contributed by atoms with E-state index in [9.17, 15) is 0 Å². The molecule has 2 saturated carbocycles. The van der Waals surface area contributed by atoms with Crippen molar-refractivity contribution in [3.05, 3.63) is 70.7 Å². The van der Waals surface area contributed by atoms with E-state index in [-0.39, 0.29) is 5.41 Å². The first-order valence-corrected chi connectivity index (χ1v) is 10.1. The number of ether oxygens (including phenoxy) is 1. The second-order valence-corrected chi connectivity index (χ2v) is 9.07. The largest absolute Gasteiger partial charge is 0.497 e. The maximum atomic E-state index is 5.57. The van der Waals surface area contributed by atoms with Gasteiger partial charge in [-0.2, -0.15) is 0 Å². The van der Waals surface area contributed by atoms with Crippen LogP contribution < -0.4 is 4.74 Å². The summed E-state index contributed by atoms with van der Waals surface area (Å²) in [6.45, 7) is 6.07. The van der Waals surface area contributed by atoms with Crippen molar-refractivity contribution in [2.24, 2.45) is 23.7 Å². The number of thiol groups is 1. The number of rotatable bonds is 3. The Hall–Kier alpha value is -1.67. The number of methoxy groups -OCH3 is 1. The maximum Gasteiger partial charge on any atom is 0.119 e. The summed E-state index contributed by atoms with van der Waals surface area (Å²) in [4.78, 5) is 1.26. The van der Waals surface area contributed by atoms with Crippen molar-refractivity contribution in [3.63, 3.8) is 0 Å². The number of benzene rings is 1. The minimum atomic E-state index is 0.0695. The molecule has 1 nitrogen and oxygen atoms in total. The predicted molar refractivity (Wildman–Crippen MR) is 111 cm³/mol. The molecule has 1 aromatic carbocycles. The molecule has 0 N–H and O–H groups in total. The van der Waals surface area contributed by atoms with Crippen molar-refractivity contribution in [1.82, 2.24) is 0 Å². The number of allylic oxidation sites excluding steroid dienone is 7. The highest BCUT2D eigenvalue weighted by Crippen LogP contribution is 2.67. The summed E-state index contributed by atoms with van der Waals surface area (Å²) in [6.07, 6.45) is 13.1. The highest BCUT2D eigenvalue weighted by atomic mass is 32.1. The average molecular weight is 363 g/mol. The maximum absolute atomic E-state index is 5.57. The van der Waals surface area contributed by atoms with Gasteiger partial charge in [0.05, 0.1) is 7.11 Å². The molecule has 0 aromatic heterocycles. The predicted octanol–water partition coefficient (Wildman–Crippen LogP) is 5.95. The van der Waals surface area contributed by atoms with Gasteiger partial charge in [0.2, 0.25) is 0 Å². The van der Waals surface area contributed by atoms with E-state index in [2.05, 4.69) is 49.1 Å². The van der Waals surface area contributed by atoms with E-state index in [1.807, 2.05) is 6.92 Å². The smallest absolute Gasteiger partial charge is 0.119 e. The van der Waals surface area contributed by atoms with Gasteiger partial charge in [-0.25, -0.2) is 0 Å². The lowest BCUT2D eigenvalue weighted by atomic mass is 9.77. The number of fused-ring (bicyclic) bond motifs is 7. The lowest BCUT2D eigenvalue weighted by molar-refractivity contribution is 0.364. The summed E-state index contributed by atoms with van der Waals surface area (Å²) in [5.41, 5.74) is 5.17. The van der Waals surface area contributed by atoms with Crippen LogP contribution in [-0.2, 0) is 5.41 Å². The van der Waals surface area contributed by atoms with Gasteiger partial charge in [-0.3, -0.25) is 0 Å². The summed E-state index contributed by atoms with van der Waals surface area (Å²) in [6, 6.07) is 6.57. The van der Waals surface area contributed by atoms with Crippen molar-refractivity contribution < 1.29 is 4.74 Å². The van der Waals surface area contributed by atoms with Crippen molar-refractivity contribution in [3.8, 4) is 5.75 Å². The molecule has 1 spiro atoms. The van der Waals surface area contributed by atoms with Crippen LogP contribution >= 0.6 is 12.6 Å². The van der Waals surface area contributed by atoms with Crippen LogP contribution in [0.3, 0.4) is 0 Å². The van der Waals surface area contributed by atoms with E-state index >= 15 is 0 Å². The summed E-state index contributed by atoms with van der Waals surface area (Å²) in [5.74, 6) is 4.16. The molecule has 5 rings (SSSR count). The Morgan fingerprint density at radius 3 is 2.54 bits per heavy atom. The summed E-state index contributed by atoms with van der Waals surface area (Å²) in [5, 5.41) is 0. The van der Waals surface area contributed by atoms with Gasteiger partial charge in [-0.15, -0.1) is 12.6 Å². The lowest BCUT2D eigenvalue weighted by Crippen LogP contribution is -2.23. The number of hydrogen-bond donors (Lipinski definition) is 1. The summed E-state index contributed by atoms with van der Waals surface area (Å²) >= 11 is 5.14. The van der Waals surface area contributed by atoms with Gasteiger partial charge in [-0.05, 0) is 78.7 Å². The first-order valence-electron chi connectivity index (χ1n) is 9.68. The topological polar surface area (TPSA) is 9.23 Å². The van der Waals surface area contributed by atoms with Crippen LogP contribution in [0.4, 0.5) is 0 Å². The van der Waals surface area contributed by atoms with Crippen LogP contribution in [0.5, 0.6) is 5.75 Å². The molecule has 4 aliphatic carbocycles. The van der Waals surface area contributed by atoms with Crippen LogP contribution in [0.1, 0.15) is 37.3 Å². The van der Waals surface area contributed by atoms with Crippen molar-refractivity contribution in [2.75, 3.05) is 7.11 Å². The van der Waals surface area contributed by atoms with Gasteiger partial charge in [-0.1, -0.05) is 42.5 Å². The Morgan fingerprint density at radius 1 is 1.23 bits per heavy atom. The van der Waals surface area contributed by atoms with E-state index < -0.39 is 0 Å². The SMILES string of the molecule is C=C(C)/C=C\C1=C(S)C2(CC3C4C=CC(C4)C3C2)c2cc(OC)ccc21. The molecule has 0 radical (unpaired) electrons. The molecule has 134 valence electrons. The minimum absolute atomic E-state index is 0.0695. The molecule has 4 unspecified atom stereocenters. The van der Waals surface area contributed by atoms with Crippen molar-refractivity contribution in [2.45, 2.75) is 31.6 Å². The van der Waals surface area contributed by atoms with Crippen LogP contribution in [0.15, 0.2) is 59.6 Å². The fourth-order valence-corrected chi connectivity index (χ4v) is 6.62. The van der Waals surface area contributed by atoms with Gasteiger partial charge in [0, 0.05) is 10.3 Å². The Kier molecular flexibility index (Phi) is 3.59. The molecule has 0 aliphatic heterocycles. The van der Waals surface area contributed by atoms with Gasteiger partial charge >= 0.3 is 0 Å². The molecular weight excluding hydrogens is 336 g/mol. The third-order valence-corrected chi connectivity index (χ3v) is 7.91. The standard InChI is InChI=1S/C24H26OS/c1-14(2)4-8-19-18-9-7-17(25-3)11-22(18)24(23(19)26)12-20-15-5-6-16(10-15)21(20)13-24/h4-9,11,15-16,20-21,26H,1,10,12-13H2,2-3H3/b8-4-. The van der Waals surface area contributed by atoms with Crippen LogP contribution in [0, 0.1) is 23.7 Å². The molecule has 0 heterocycles. The molecule has 2 bridgehead atoms. The van der Waals surface area contributed by atoms with Crippen molar-refractivity contribution >= 4 is 18.2 Å². The van der Waals surface area contributed by atoms with Gasteiger partial charge in [0.15, 0.2) is 0 Å². The lowest BCUT2D eigenvalue weighted by Gasteiger charge is -2.29. The van der Waals surface area contributed by atoms with Crippen LogP contribution in [-0.4, -0.2) is 7.11 Å². The zero-order chi connectivity index (χ0) is 18.1. The van der Waals surface area contributed by atoms with Gasteiger partial charge in [0.1, 0.15) is 5.75 Å². The Morgan fingerprint density at radius 2 is 1.92 bits per heavy atom. The third kappa shape index (κ3) is 2.11. The number of hydrogen-bond acceptors (Lipinski definition) is 2. The van der Waals surface area contributed by atoms with Crippen LogP contribution in [0.25, 0.3) is 5.57 Å². The van der Waals surface area contributed by atoms with E-state index in [4.69, 9.17) is 17.4 Å². The fourth-order valence-electron chi connectivity index (χ4n) is 6.12. The second-order valence-electron chi connectivity index (χ2n) is 8.62. The highest BCUT2D eigenvalue weighted by molar-refractivity contribution is 7.84. The summed E-state index contributed by atoms with van der Waals surface area (Å²) in [7, 11) is 1.76.